The van der Waals surface area contributed by atoms with E-state index in [1.165, 1.54) is 0 Å². The number of nitrogens with zero attached hydrogens (tertiary/aromatic N) is 1. The van der Waals surface area contributed by atoms with Crippen molar-refractivity contribution in [2.45, 2.75) is 0 Å². The first-order valence-corrected chi connectivity index (χ1v) is 7.39. The number of carbonyl (C=O) groups is 1. The van der Waals surface area contributed by atoms with Crippen LogP contribution < -0.4 is 5.32 Å². The summed E-state index contributed by atoms with van der Waals surface area (Å²) in [5.41, 5.74) is 1.87. The maximum Gasteiger partial charge on any atom is 0.277 e. The minimum atomic E-state index is -0.290. The van der Waals surface area contributed by atoms with E-state index in [-0.39, 0.29) is 11.6 Å². The lowest BCUT2D eigenvalue weighted by Crippen LogP contribution is -2.11. The molecule has 0 unspecified atom stereocenters. The molecule has 1 aromatic heterocycles. The van der Waals surface area contributed by atoms with Crippen LogP contribution >= 0.6 is 22.6 Å². The Morgan fingerprint density at radius 2 is 1.76 bits per heavy atom. The van der Waals surface area contributed by atoms with Gasteiger partial charge in [0.25, 0.3) is 5.91 Å². The largest absolute Gasteiger partial charge is 0.355 e. The van der Waals surface area contributed by atoms with Crippen molar-refractivity contribution in [1.29, 1.82) is 0 Å². The summed E-state index contributed by atoms with van der Waals surface area (Å²) in [4.78, 5) is 12.1. The molecule has 2 aromatic carbocycles. The van der Waals surface area contributed by atoms with Crippen LogP contribution in [0.4, 0.5) is 5.69 Å². The van der Waals surface area contributed by atoms with Crippen molar-refractivity contribution in [2.24, 2.45) is 0 Å². The Morgan fingerprint density at radius 3 is 2.48 bits per heavy atom. The number of rotatable bonds is 3. The zero-order valence-electron chi connectivity index (χ0n) is 10.9. The Balaban J connectivity index is 1.77. The van der Waals surface area contributed by atoms with Crippen LogP contribution in [-0.4, -0.2) is 11.1 Å². The minimum Gasteiger partial charge on any atom is -0.355 e. The van der Waals surface area contributed by atoms with Crippen molar-refractivity contribution >= 4 is 34.2 Å². The van der Waals surface area contributed by atoms with Crippen molar-refractivity contribution in [2.75, 3.05) is 5.32 Å². The predicted octanol–water partition coefficient (Wildman–Crippen LogP) is 4.20. The topological polar surface area (TPSA) is 55.1 Å². The number of benzene rings is 2. The first kappa shape index (κ1) is 13.8. The molecule has 3 aromatic rings. The molecule has 0 aliphatic carbocycles. The van der Waals surface area contributed by atoms with Gasteiger partial charge in [-0.25, -0.2) is 0 Å². The molecule has 1 N–H and O–H groups in total. The lowest BCUT2D eigenvalue weighted by atomic mass is 10.1. The van der Waals surface area contributed by atoms with E-state index < -0.39 is 0 Å². The Morgan fingerprint density at radius 1 is 1.05 bits per heavy atom. The zero-order valence-corrected chi connectivity index (χ0v) is 13.1. The van der Waals surface area contributed by atoms with Gasteiger partial charge in [0, 0.05) is 20.9 Å². The van der Waals surface area contributed by atoms with Gasteiger partial charge in [0.2, 0.25) is 0 Å². The van der Waals surface area contributed by atoms with Crippen LogP contribution in [0.25, 0.3) is 11.3 Å². The number of hydrogen-bond acceptors (Lipinski definition) is 3. The van der Waals surface area contributed by atoms with Crippen molar-refractivity contribution in [3.8, 4) is 11.3 Å². The SMILES string of the molecule is O=C(Nc1ccc(I)cc1)c1cc(-c2ccccc2)on1. The molecule has 104 valence electrons. The Hall–Kier alpha value is -2.15. The molecule has 0 aliphatic rings. The molecule has 0 saturated carbocycles. The summed E-state index contributed by atoms with van der Waals surface area (Å²) < 4.78 is 6.33. The van der Waals surface area contributed by atoms with Crippen LogP contribution in [0.1, 0.15) is 10.5 Å². The van der Waals surface area contributed by atoms with Gasteiger partial charge in [0.05, 0.1) is 0 Å². The molecule has 4 nitrogen and oxygen atoms in total. The number of halogens is 1. The number of anilines is 1. The number of nitrogens with one attached hydrogen (secondary N) is 1. The van der Waals surface area contributed by atoms with Crippen LogP contribution in [-0.2, 0) is 0 Å². The normalized spacial score (nSPS) is 10.3. The molecule has 0 fully saturated rings. The third-order valence-corrected chi connectivity index (χ3v) is 3.62. The highest BCUT2D eigenvalue weighted by Gasteiger charge is 2.13. The van der Waals surface area contributed by atoms with Gasteiger partial charge in [-0.15, -0.1) is 0 Å². The first-order valence-electron chi connectivity index (χ1n) is 6.31. The van der Waals surface area contributed by atoms with Crippen molar-refractivity contribution in [1.82, 2.24) is 5.16 Å². The van der Waals surface area contributed by atoms with E-state index in [0.717, 1.165) is 14.8 Å². The van der Waals surface area contributed by atoms with Crippen LogP contribution in [0.5, 0.6) is 0 Å². The van der Waals surface area contributed by atoms with E-state index in [1.807, 2.05) is 54.6 Å². The maximum absolute atomic E-state index is 12.1. The Labute approximate surface area is 135 Å². The molecule has 0 spiro atoms. The second kappa shape index (κ2) is 6.09. The van der Waals surface area contributed by atoms with Gasteiger partial charge in [-0.05, 0) is 46.9 Å². The third-order valence-electron chi connectivity index (χ3n) is 2.90. The molecule has 21 heavy (non-hydrogen) atoms. The summed E-state index contributed by atoms with van der Waals surface area (Å²) in [5, 5.41) is 6.60. The van der Waals surface area contributed by atoms with Crippen LogP contribution in [0, 0.1) is 3.57 Å². The van der Waals surface area contributed by atoms with Gasteiger partial charge in [-0.1, -0.05) is 35.5 Å². The van der Waals surface area contributed by atoms with Gasteiger partial charge in [0.1, 0.15) is 0 Å². The molecule has 0 bridgehead atoms. The molecule has 0 radical (unpaired) electrons. The van der Waals surface area contributed by atoms with Gasteiger partial charge in [-0.3, -0.25) is 4.79 Å². The van der Waals surface area contributed by atoms with Crippen molar-refractivity contribution in [3.05, 3.63) is 69.9 Å². The van der Waals surface area contributed by atoms with E-state index in [4.69, 9.17) is 4.52 Å². The first-order chi connectivity index (χ1) is 10.2. The highest BCUT2D eigenvalue weighted by Crippen LogP contribution is 2.20. The average molecular weight is 390 g/mol. The molecule has 1 heterocycles. The summed E-state index contributed by atoms with van der Waals surface area (Å²) in [5.74, 6) is 0.283. The zero-order chi connectivity index (χ0) is 14.7. The van der Waals surface area contributed by atoms with Gasteiger partial charge >= 0.3 is 0 Å². The molecule has 0 aliphatic heterocycles. The van der Waals surface area contributed by atoms with Crippen LogP contribution in [0.15, 0.2) is 65.2 Å². The molecule has 1 amide bonds. The van der Waals surface area contributed by atoms with E-state index in [0.29, 0.717) is 5.76 Å². The fourth-order valence-electron chi connectivity index (χ4n) is 1.85. The number of aromatic nitrogens is 1. The van der Waals surface area contributed by atoms with E-state index in [1.54, 1.807) is 6.07 Å². The second-order valence-corrected chi connectivity index (χ2v) is 5.65. The minimum absolute atomic E-state index is 0.257. The van der Waals surface area contributed by atoms with Crippen LogP contribution in [0.3, 0.4) is 0 Å². The molecule has 0 atom stereocenters. The van der Waals surface area contributed by atoms with E-state index >= 15 is 0 Å². The Kier molecular flexibility index (Phi) is 4.01. The smallest absolute Gasteiger partial charge is 0.277 e. The maximum atomic E-state index is 12.1. The Bertz CT molecular complexity index is 751. The quantitative estimate of drug-likeness (QED) is 0.683. The molecule has 3 rings (SSSR count). The van der Waals surface area contributed by atoms with Crippen LogP contribution in [0.2, 0.25) is 0 Å². The summed E-state index contributed by atoms with van der Waals surface area (Å²) in [6.45, 7) is 0. The third kappa shape index (κ3) is 3.30. The van der Waals surface area contributed by atoms with Gasteiger partial charge < -0.3 is 9.84 Å². The average Bonchev–Trinajstić information content (AvgIpc) is 3.00. The van der Waals surface area contributed by atoms with Crippen molar-refractivity contribution in [3.63, 3.8) is 0 Å². The summed E-state index contributed by atoms with van der Waals surface area (Å²) in [7, 11) is 0. The monoisotopic (exact) mass is 390 g/mol. The van der Waals surface area contributed by atoms with E-state index in [2.05, 4.69) is 33.1 Å². The predicted molar refractivity (Wildman–Crippen MR) is 89.1 cm³/mol. The fourth-order valence-corrected chi connectivity index (χ4v) is 2.21. The van der Waals surface area contributed by atoms with Gasteiger partial charge in [0.15, 0.2) is 11.5 Å². The molecular weight excluding hydrogens is 379 g/mol. The number of hydrogen-bond donors (Lipinski definition) is 1. The summed E-state index contributed by atoms with van der Waals surface area (Å²) in [6, 6.07) is 18.7. The fraction of sp³-hybridized carbons (Fsp3) is 0. The summed E-state index contributed by atoms with van der Waals surface area (Å²) >= 11 is 2.21. The number of amides is 1. The highest BCUT2D eigenvalue weighted by atomic mass is 127. The molecule has 5 heteroatoms. The molecular formula is C16H11IN2O2. The lowest BCUT2D eigenvalue weighted by Gasteiger charge is -2.02. The second-order valence-electron chi connectivity index (χ2n) is 4.40. The van der Waals surface area contributed by atoms with Gasteiger partial charge in [-0.2, -0.15) is 0 Å². The van der Waals surface area contributed by atoms with E-state index in [9.17, 15) is 4.79 Å². The lowest BCUT2D eigenvalue weighted by molar-refractivity contribution is 0.101. The van der Waals surface area contributed by atoms with Crippen molar-refractivity contribution < 1.29 is 9.32 Å². The number of carbonyl (C=O) groups excluding carboxylic acids is 1. The molecule has 0 saturated heterocycles. The standard InChI is InChI=1S/C16H11IN2O2/c17-12-6-8-13(9-7-12)18-16(20)14-10-15(21-19-14)11-4-2-1-3-5-11/h1-10H,(H,18,20). The summed E-state index contributed by atoms with van der Waals surface area (Å²) in [6.07, 6.45) is 0. The highest BCUT2D eigenvalue weighted by molar-refractivity contribution is 14.1.